The van der Waals surface area contributed by atoms with Crippen LogP contribution in [-0.2, 0) is 6.42 Å². The van der Waals surface area contributed by atoms with Crippen LogP contribution in [0.1, 0.15) is 11.4 Å². The van der Waals surface area contributed by atoms with Crippen molar-refractivity contribution >= 4 is 27.4 Å². The maximum Gasteiger partial charge on any atom is 0.162 e. The van der Waals surface area contributed by atoms with Gasteiger partial charge in [-0.15, -0.1) is 10.2 Å². The Morgan fingerprint density at radius 1 is 1.11 bits per heavy atom. The Hall–Kier alpha value is -1.88. The van der Waals surface area contributed by atoms with Crippen LogP contribution >= 0.6 is 15.9 Å². The Morgan fingerprint density at radius 3 is 2.78 bits per heavy atom. The third-order valence-electron chi connectivity index (χ3n) is 2.78. The summed E-state index contributed by atoms with van der Waals surface area (Å²) in [6.45, 7) is 0. The van der Waals surface area contributed by atoms with Crippen molar-refractivity contribution in [3.63, 3.8) is 0 Å². The number of halogens is 1. The molecule has 3 aromatic rings. The van der Waals surface area contributed by atoms with E-state index >= 15 is 0 Å². The van der Waals surface area contributed by atoms with E-state index in [-0.39, 0.29) is 0 Å². The molecule has 0 bridgehead atoms. The molecule has 90 valence electrons. The number of aromatic nitrogens is 3. The number of hydrogen-bond donors (Lipinski definition) is 1. The second kappa shape index (κ2) is 4.42. The minimum atomic E-state index is 0.655. The Bertz CT molecular complexity index is 705. The summed E-state index contributed by atoms with van der Waals surface area (Å²) < 4.78 is 2.93. The van der Waals surface area contributed by atoms with Crippen LogP contribution in [0.4, 0.5) is 5.82 Å². The van der Waals surface area contributed by atoms with Gasteiger partial charge in [0, 0.05) is 10.9 Å². The summed E-state index contributed by atoms with van der Waals surface area (Å²) in [4.78, 5) is 0. The van der Waals surface area contributed by atoms with E-state index < -0.39 is 0 Å². The summed E-state index contributed by atoms with van der Waals surface area (Å²) in [5.74, 6) is 1.50. The van der Waals surface area contributed by atoms with Crippen molar-refractivity contribution in [2.45, 2.75) is 6.42 Å². The van der Waals surface area contributed by atoms with Crippen LogP contribution in [0.2, 0.25) is 0 Å². The average molecular weight is 303 g/mol. The molecule has 0 amide bonds. The Labute approximate surface area is 113 Å². The van der Waals surface area contributed by atoms with Gasteiger partial charge < -0.3 is 5.73 Å². The van der Waals surface area contributed by atoms with Crippen LogP contribution < -0.4 is 5.73 Å². The summed E-state index contributed by atoms with van der Waals surface area (Å²) in [5, 5.41) is 8.32. The van der Waals surface area contributed by atoms with Gasteiger partial charge in [0.15, 0.2) is 5.65 Å². The minimum absolute atomic E-state index is 0.655. The van der Waals surface area contributed by atoms with Gasteiger partial charge in [-0.3, -0.25) is 4.40 Å². The van der Waals surface area contributed by atoms with Gasteiger partial charge in [-0.25, -0.2) is 0 Å². The van der Waals surface area contributed by atoms with Gasteiger partial charge in [-0.2, -0.15) is 0 Å². The average Bonchev–Trinajstić information content (AvgIpc) is 2.74. The van der Waals surface area contributed by atoms with Gasteiger partial charge in [0.2, 0.25) is 0 Å². The van der Waals surface area contributed by atoms with Gasteiger partial charge in [-0.05, 0) is 29.8 Å². The number of nitrogens with zero attached hydrogens (tertiary/aromatic N) is 3. The van der Waals surface area contributed by atoms with Crippen LogP contribution in [0, 0.1) is 0 Å². The molecule has 1 aromatic carbocycles. The lowest BCUT2D eigenvalue weighted by Gasteiger charge is -2.03. The molecule has 0 radical (unpaired) electrons. The first-order valence-corrected chi connectivity index (χ1v) is 6.36. The molecule has 0 aliphatic carbocycles. The second-order valence-electron chi connectivity index (χ2n) is 4.07. The largest absolute Gasteiger partial charge is 0.385 e. The molecular formula is C13H11BrN4. The molecule has 0 saturated heterocycles. The maximum atomic E-state index is 5.96. The SMILES string of the molecule is Nc1cccc2nnc(Cc3cccc(Br)c3)n12. The zero-order valence-electron chi connectivity index (χ0n) is 9.55. The third-order valence-corrected chi connectivity index (χ3v) is 3.27. The second-order valence-corrected chi connectivity index (χ2v) is 4.98. The number of nitrogens with two attached hydrogens (primary N) is 1. The van der Waals surface area contributed by atoms with Crippen molar-refractivity contribution in [2.75, 3.05) is 5.73 Å². The quantitative estimate of drug-likeness (QED) is 0.792. The van der Waals surface area contributed by atoms with Crippen LogP contribution in [0.3, 0.4) is 0 Å². The molecule has 0 saturated carbocycles. The summed E-state index contributed by atoms with van der Waals surface area (Å²) >= 11 is 3.46. The summed E-state index contributed by atoms with van der Waals surface area (Å²) in [6.07, 6.45) is 0.703. The van der Waals surface area contributed by atoms with E-state index in [0.717, 1.165) is 15.9 Å². The van der Waals surface area contributed by atoms with Gasteiger partial charge in [0.1, 0.15) is 11.6 Å². The maximum absolute atomic E-state index is 5.96. The Morgan fingerprint density at radius 2 is 1.94 bits per heavy atom. The molecule has 0 aliphatic heterocycles. The van der Waals surface area contributed by atoms with Gasteiger partial charge in [-0.1, -0.05) is 34.1 Å². The third kappa shape index (κ3) is 1.97. The molecule has 3 rings (SSSR count). The van der Waals surface area contributed by atoms with Crippen molar-refractivity contribution in [3.05, 3.63) is 58.3 Å². The van der Waals surface area contributed by atoms with Crippen LogP contribution in [0.25, 0.3) is 5.65 Å². The zero-order valence-corrected chi connectivity index (χ0v) is 11.1. The van der Waals surface area contributed by atoms with Crippen LogP contribution in [0.15, 0.2) is 46.9 Å². The van der Waals surface area contributed by atoms with Crippen LogP contribution in [-0.4, -0.2) is 14.6 Å². The number of pyridine rings is 1. The molecule has 2 heterocycles. The Balaban J connectivity index is 2.05. The normalized spacial score (nSPS) is 10.9. The summed E-state index contributed by atoms with van der Waals surface area (Å²) in [6, 6.07) is 13.8. The van der Waals surface area contributed by atoms with Crippen molar-refractivity contribution in [3.8, 4) is 0 Å². The molecule has 0 spiro atoms. The lowest BCUT2D eigenvalue weighted by molar-refractivity contribution is 0.939. The number of rotatable bonds is 2. The number of nitrogen functional groups attached to an aromatic ring is 1. The zero-order chi connectivity index (χ0) is 12.5. The fourth-order valence-electron chi connectivity index (χ4n) is 1.97. The molecule has 2 N–H and O–H groups in total. The van der Waals surface area contributed by atoms with E-state index in [0.29, 0.717) is 12.2 Å². The van der Waals surface area contributed by atoms with Gasteiger partial charge in [0.05, 0.1) is 0 Å². The number of benzene rings is 1. The monoisotopic (exact) mass is 302 g/mol. The highest BCUT2D eigenvalue weighted by atomic mass is 79.9. The molecule has 5 heteroatoms. The first kappa shape index (κ1) is 11.2. The van der Waals surface area contributed by atoms with E-state index in [1.54, 1.807) is 0 Å². The standard InChI is InChI=1S/C13H11BrN4/c14-10-4-1-3-9(7-10)8-13-17-16-12-6-2-5-11(15)18(12)13/h1-7H,8,15H2. The molecule has 4 nitrogen and oxygen atoms in total. The number of hydrogen-bond acceptors (Lipinski definition) is 3. The van der Waals surface area contributed by atoms with E-state index in [4.69, 9.17) is 5.73 Å². The highest BCUT2D eigenvalue weighted by Gasteiger charge is 2.08. The molecule has 18 heavy (non-hydrogen) atoms. The van der Waals surface area contributed by atoms with Gasteiger partial charge in [0.25, 0.3) is 0 Å². The predicted molar refractivity (Wildman–Crippen MR) is 74.3 cm³/mol. The smallest absolute Gasteiger partial charge is 0.162 e. The number of fused-ring (bicyclic) bond motifs is 1. The van der Waals surface area contributed by atoms with Crippen LogP contribution in [0.5, 0.6) is 0 Å². The molecule has 0 aliphatic rings. The fourth-order valence-corrected chi connectivity index (χ4v) is 2.42. The van der Waals surface area contributed by atoms with Gasteiger partial charge >= 0.3 is 0 Å². The van der Waals surface area contributed by atoms with Crippen molar-refractivity contribution in [2.24, 2.45) is 0 Å². The van der Waals surface area contributed by atoms with E-state index in [1.165, 1.54) is 5.56 Å². The lowest BCUT2D eigenvalue weighted by Crippen LogP contribution is -2.01. The lowest BCUT2D eigenvalue weighted by atomic mass is 10.1. The van der Waals surface area contributed by atoms with Crippen molar-refractivity contribution in [1.82, 2.24) is 14.6 Å². The molecule has 0 unspecified atom stereocenters. The Kier molecular flexibility index (Phi) is 2.76. The molecule has 0 fully saturated rings. The number of anilines is 1. The first-order valence-electron chi connectivity index (χ1n) is 5.57. The molecule has 0 atom stereocenters. The van der Waals surface area contributed by atoms with E-state index in [2.05, 4.69) is 38.3 Å². The summed E-state index contributed by atoms with van der Waals surface area (Å²) in [5.41, 5.74) is 7.90. The highest BCUT2D eigenvalue weighted by molar-refractivity contribution is 9.10. The topological polar surface area (TPSA) is 56.2 Å². The van der Waals surface area contributed by atoms with Crippen molar-refractivity contribution in [1.29, 1.82) is 0 Å². The summed E-state index contributed by atoms with van der Waals surface area (Å²) in [7, 11) is 0. The molecule has 2 aromatic heterocycles. The highest BCUT2D eigenvalue weighted by Crippen LogP contribution is 2.16. The van der Waals surface area contributed by atoms with E-state index in [1.807, 2.05) is 34.7 Å². The predicted octanol–water partition coefficient (Wildman–Crippen LogP) is 2.66. The van der Waals surface area contributed by atoms with E-state index in [9.17, 15) is 0 Å². The molecular weight excluding hydrogens is 292 g/mol. The minimum Gasteiger partial charge on any atom is -0.385 e. The fraction of sp³-hybridized carbons (Fsp3) is 0.0769. The first-order chi connectivity index (χ1) is 8.74. The van der Waals surface area contributed by atoms with Crippen molar-refractivity contribution < 1.29 is 0 Å².